The SMILES string of the molecule is O=C(O[C@H]1CCCNC1)C1CCCC1. The molecule has 0 spiro atoms. The van der Waals surface area contributed by atoms with Gasteiger partial charge in [0, 0.05) is 6.54 Å². The predicted octanol–water partition coefficient (Wildman–Crippen LogP) is 1.47. The lowest BCUT2D eigenvalue weighted by Gasteiger charge is -2.24. The molecule has 0 aromatic carbocycles. The van der Waals surface area contributed by atoms with E-state index in [2.05, 4.69) is 5.32 Å². The van der Waals surface area contributed by atoms with Gasteiger partial charge in [-0.3, -0.25) is 4.79 Å². The van der Waals surface area contributed by atoms with Gasteiger partial charge in [0.2, 0.25) is 0 Å². The van der Waals surface area contributed by atoms with Crippen LogP contribution in [0.2, 0.25) is 0 Å². The molecular formula is C11H19NO2. The summed E-state index contributed by atoms with van der Waals surface area (Å²) in [5.41, 5.74) is 0. The fourth-order valence-corrected chi connectivity index (χ4v) is 2.34. The summed E-state index contributed by atoms with van der Waals surface area (Å²) in [7, 11) is 0. The molecule has 1 saturated carbocycles. The maximum atomic E-state index is 11.7. The van der Waals surface area contributed by atoms with Gasteiger partial charge in [-0.1, -0.05) is 12.8 Å². The molecule has 0 aromatic rings. The normalized spacial score (nSPS) is 29.0. The maximum Gasteiger partial charge on any atom is 0.309 e. The zero-order valence-electron chi connectivity index (χ0n) is 8.63. The molecule has 1 atom stereocenters. The van der Waals surface area contributed by atoms with Crippen LogP contribution in [0, 0.1) is 5.92 Å². The highest BCUT2D eigenvalue weighted by Gasteiger charge is 2.26. The second-order valence-electron chi connectivity index (χ2n) is 4.39. The molecule has 2 fully saturated rings. The largest absolute Gasteiger partial charge is 0.461 e. The Morgan fingerprint density at radius 2 is 1.93 bits per heavy atom. The van der Waals surface area contributed by atoms with Crippen LogP contribution in [0.25, 0.3) is 0 Å². The lowest BCUT2D eigenvalue weighted by atomic mass is 10.1. The molecule has 2 rings (SSSR count). The minimum Gasteiger partial charge on any atom is -0.461 e. The lowest BCUT2D eigenvalue weighted by molar-refractivity contribution is -0.154. The van der Waals surface area contributed by atoms with Crippen molar-refractivity contribution in [2.45, 2.75) is 44.6 Å². The van der Waals surface area contributed by atoms with E-state index in [9.17, 15) is 4.79 Å². The average Bonchev–Trinajstić information content (AvgIpc) is 2.72. The van der Waals surface area contributed by atoms with Gasteiger partial charge in [-0.15, -0.1) is 0 Å². The zero-order valence-corrected chi connectivity index (χ0v) is 8.63. The van der Waals surface area contributed by atoms with Gasteiger partial charge in [0.15, 0.2) is 0 Å². The molecular weight excluding hydrogens is 178 g/mol. The van der Waals surface area contributed by atoms with Gasteiger partial charge in [0.05, 0.1) is 5.92 Å². The average molecular weight is 197 g/mol. The van der Waals surface area contributed by atoms with Crippen LogP contribution < -0.4 is 5.32 Å². The Morgan fingerprint density at radius 1 is 1.14 bits per heavy atom. The van der Waals surface area contributed by atoms with Gasteiger partial charge in [-0.25, -0.2) is 0 Å². The van der Waals surface area contributed by atoms with E-state index in [1.807, 2.05) is 0 Å². The second kappa shape index (κ2) is 4.78. The Hall–Kier alpha value is -0.570. The Bertz CT molecular complexity index is 193. The Balaban J connectivity index is 1.75. The van der Waals surface area contributed by atoms with E-state index >= 15 is 0 Å². The van der Waals surface area contributed by atoms with Crippen molar-refractivity contribution in [1.29, 1.82) is 0 Å². The molecule has 1 heterocycles. The summed E-state index contributed by atoms with van der Waals surface area (Å²) in [4.78, 5) is 11.7. The van der Waals surface area contributed by atoms with Crippen molar-refractivity contribution in [2.75, 3.05) is 13.1 Å². The molecule has 0 unspecified atom stereocenters. The molecule has 80 valence electrons. The molecule has 0 bridgehead atoms. The first-order chi connectivity index (χ1) is 6.86. The van der Waals surface area contributed by atoms with Crippen molar-refractivity contribution in [3.63, 3.8) is 0 Å². The molecule has 1 saturated heterocycles. The number of ether oxygens (including phenoxy) is 1. The Labute approximate surface area is 85.2 Å². The van der Waals surface area contributed by atoms with Gasteiger partial charge in [-0.05, 0) is 32.2 Å². The zero-order chi connectivity index (χ0) is 9.80. The van der Waals surface area contributed by atoms with Crippen LogP contribution >= 0.6 is 0 Å². The Morgan fingerprint density at radius 3 is 2.57 bits per heavy atom. The van der Waals surface area contributed by atoms with Crippen LogP contribution in [0.5, 0.6) is 0 Å². The van der Waals surface area contributed by atoms with Crippen molar-refractivity contribution in [3.05, 3.63) is 0 Å². The first-order valence-corrected chi connectivity index (χ1v) is 5.77. The molecule has 0 radical (unpaired) electrons. The molecule has 14 heavy (non-hydrogen) atoms. The summed E-state index contributed by atoms with van der Waals surface area (Å²) in [6, 6.07) is 0. The van der Waals surface area contributed by atoms with E-state index in [0.717, 1.165) is 38.8 Å². The summed E-state index contributed by atoms with van der Waals surface area (Å²) < 4.78 is 5.47. The number of carbonyl (C=O) groups is 1. The molecule has 3 nitrogen and oxygen atoms in total. The molecule has 2 aliphatic rings. The molecule has 1 aliphatic carbocycles. The maximum absolute atomic E-state index is 11.7. The van der Waals surface area contributed by atoms with Crippen LogP contribution in [0.3, 0.4) is 0 Å². The third-order valence-electron chi connectivity index (χ3n) is 3.22. The van der Waals surface area contributed by atoms with Crippen molar-refractivity contribution in [3.8, 4) is 0 Å². The van der Waals surface area contributed by atoms with E-state index in [4.69, 9.17) is 4.74 Å². The minimum absolute atomic E-state index is 0.0520. The fraction of sp³-hybridized carbons (Fsp3) is 0.909. The number of hydrogen-bond donors (Lipinski definition) is 1. The van der Waals surface area contributed by atoms with Crippen molar-refractivity contribution < 1.29 is 9.53 Å². The molecule has 1 N–H and O–H groups in total. The number of rotatable bonds is 2. The Kier molecular flexibility index (Phi) is 3.40. The summed E-state index contributed by atoms with van der Waals surface area (Å²) in [5, 5.41) is 3.25. The van der Waals surface area contributed by atoms with E-state index in [1.165, 1.54) is 12.8 Å². The summed E-state index contributed by atoms with van der Waals surface area (Å²) in [6.07, 6.45) is 6.77. The van der Waals surface area contributed by atoms with E-state index in [1.54, 1.807) is 0 Å². The first kappa shape index (κ1) is 9.97. The fourth-order valence-electron chi connectivity index (χ4n) is 2.34. The number of piperidine rings is 1. The highest BCUT2D eigenvalue weighted by molar-refractivity contribution is 5.72. The monoisotopic (exact) mass is 197 g/mol. The van der Waals surface area contributed by atoms with Gasteiger partial charge < -0.3 is 10.1 Å². The summed E-state index contributed by atoms with van der Waals surface area (Å²) in [6.45, 7) is 1.91. The minimum atomic E-state index is 0.0520. The highest BCUT2D eigenvalue weighted by atomic mass is 16.5. The lowest BCUT2D eigenvalue weighted by Crippen LogP contribution is -2.37. The van der Waals surface area contributed by atoms with Crippen molar-refractivity contribution in [1.82, 2.24) is 5.32 Å². The predicted molar refractivity (Wildman–Crippen MR) is 53.9 cm³/mol. The number of nitrogens with one attached hydrogen (secondary N) is 1. The third-order valence-corrected chi connectivity index (χ3v) is 3.22. The van der Waals surface area contributed by atoms with Crippen LogP contribution in [0.4, 0.5) is 0 Å². The van der Waals surface area contributed by atoms with Crippen molar-refractivity contribution in [2.24, 2.45) is 5.92 Å². The summed E-state index contributed by atoms with van der Waals surface area (Å²) >= 11 is 0. The van der Waals surface area contributed by atoms with E-state index in [-0.39, 0.29) is 18.0 Å². The topological polar surface area (TPSA) is 38.3 Å². The van der Waals surface area contributed by atoms with Gasteiger partial charge in [0.25, 0.3) is 0 Å². The van der Waals surface area contributed by atoms with Gasteiger partial charge >= 0.3 is 5.97 Å². The van der Waals surface area contributed by atoms with Crippen molar-refractivity contribution >= 4 is 5.97 Å². The van der Waals surface area contributed by atoms with Crippen LogP contribution in [-0.2, 0) is 9.53 Å². The van der Waals surface area contributed by atoms with Crippen LogP contribution in [0.15, 0.2) is 0 Å². The first-order valence-electron chi connectivity index (χ1n) is 5.77. The number of esters is 1. The number of carbonyl (C=O) groups excluding carboxylic acids is 1. The highest BCUT2D eigenvalue weighted by Crippen LogP contribution is 2.26. The number of hydrogen-bond acceptors (Lipinski definition) is 3. The van der Waals surface area contributed by atoms with Gasteiger partial charge in [0.1, 0.15) is 6.10 Å². The van der Waals surface area contributed by atoms with E-state index in [0.29, 0.717) is 0 Å². The van der Waals surface area contributed by atoms with Crippen LogP contribution in [-0.4, -0.2) is 25.2 Å². The summed E-state index contributed by atoms with van der Waals surface area (Å²) in [5.74, 6) is 0.258. The second-order valence-corrected chi connectivity index (χ2v) is 4.39. The molecule has 0 aromatic heterocycles. The molecule has 1 aliphatic heterocycles. The quantitative estimate of drug-likeness (QED) is 0.681. The standard InChI is InChI=1S/C11H19NO2/c13-11(9-4-1-2-5-9)14-10-6-3-7-12-8-10/h9-10,12H,1-8H2/t10-/m0/s1. The molecule has 3 heteroatoms. The smallest absolute Gasteiger partial charge is 0.309 e. The third kappa shape index (κ3) is 2.47. The molecule has 0 amide bonds. The van der Waals surface area contributed by atoms with Gasteiger partial charge in [-0.2, -0.15) is 0 Å². The van der Waals surface area contributed by atoms with Crippen LogP contribution in [0.1, 0.15) is 38.5 Å². The van der Waals surface area contributed by atoms with E-state index < -0.39 is 0 Å².